The van der Waals surface area contributed by atoms with Gasteiger partial charge in [0.15, 0.2) is 17.1 Å². The average molecular weight is 457 g/mol. The molecule has 1 atom stereocenters. The summed E-state index contributed by atoms with van der Waals surface area (Å²) in [5.41, 5.74) is 3.18. The van der Waals surface area contributed by atoms with Crippen LogP contribution in [0.4, 0.5) is 10.1 Å². The summed E-state index contributed by atoms with van der Waals surface area (Å²) in [6.45, 7) is 8.67. The van der Waals surface area contributed by atoms with E-state index in [0.29, 0.717) is 23.3 Å². The first-order valence-corrected chi connectivity index (χ1v) is 11.8. The van der Waals surface area contributed by atoms with Crippen molar-refractivity contribution in [2.45, 2.75) is 58.3 Å². The molecule has 8 heteroatoms. The molecule has 1 aromatic heterocycles. The molecule has 170 valence electrons. The van der Waals surface area contributed by atoms with Crippen molar-refractivity contribution in [3.63, 3.8) is 0 Å². The lowest BCUT2D eigenvalue weighted by atomic mass is 10.0. The Morgan fingerprint density at radius 1 is 1.09 bits per heavy atom. The van der Waals surface area contributed by atoms with Gasteiger partial charge >= 0.3 is 0 Å². The van der Waals surface area contributed by atoms with Crippen molar-refractivity contribution in [3.8, 4) is 5.75 Å². The molecule has 2 aromatic carbocycles. The molecule has 1 amide bonds. The Kier molecular flexibility index (Phi) is 8.27. The van der Waals surface area contributed by atoms with Crippen LogP contribution in [0, 0.1) is 5.82 Å². The molecule has 1 heterocycles. The van der Waals surface area contributed by atoms with E-state index in [1.165, 1.54) is 23.9 Å². The van der Waals surface area contributed by atoms with Crippen LogP contribution in [-0.4, -0.2) is 26.4 Å². The molecule has 0 aliphatic carbocycles. The van der Waals surface area contributed by atoms with E-state index in [1.807, 2.05) is 36.6 Å². The molecule has 6 nitrogen and oxygen atoms in total. The first kappa shape index (κ1) is 23.8. The van der Waals surface area contributed by atoms with Gasteiger partial charge in [-0.25, -0.2) is 4.39 Å². The second-order valence-electron chi connectivity index (χ2n) is 7.29. The molecule has 32 heavy (non-hydrogen) atoms. The number of carbonyl (C=O) groups excluding carboxylic acids is 1. The Morgan fingerprint density at radius 3 is 2.34 bits per heavy atom. The van der Waals surface area contributed by atoms with Crippen LogP contribution in [0.3, 0.4) is 0 Å². The molecule has 0 aliphatic rings. The summed E-state index contributed by atoms with van der Waals surface area (Å²) in [4.78, 5) is 12.7. The molecule has 1 N–H and O–H groups in total. The monoisotopic (exact) mass is 456 g/mol. The van der Waals surface area contributed by atoms with Crippen LogP contribution in [0.15, 0.2) is 47.6 Å². The number of thioether (sulfide) groups is 1. The first-order valence-electron chi connectivity index (χ1n) is 10.8. The van der Waals surface area contributed by atoms with E-state index >= 15 is 0 Å². The fraction of sp³-hybridized carbons (Fsp3) is 0.375. The lowest BCUT2D eigenvalue weighted by molar-refractivity contribution is -0.113. The highest BCUT2D eigenvalue weighted by molar-refractivity contribution is 7.99. The van der Waals surface area contributed by atoms with Crippen LogP contribution in [0.2, 0.25) is 0 Å². The number of rotatable bonds is 10. The Bertz CT molecular complexity index is 1030. The molecule has 1 unspecified atom stereocenters. The predicted molar refractivity (Wildman–Crippen MR) is 126 cm³/mol. The van der Waals surface area contributed by atoms with Gasteiger partial charge in [-0.1, -0.05) is 43.8 Å². The average Bonchev–Trinajstić information content (AvgIpc) is 3.22. The Morgan fingerprint density at radius 2 is 1.75 bits per heavy atom. The highest BCUT2D eigenvalue weighted by Gasteiger charge is 2.20. The Hall–Kier alpha value is -2.87. The largest absolute Gasteiger partial charge is 0.483 e. The zero-order valence-corrected chi connectivity index (χ0v) is 19.7. The third-order valence-electron chi connectivity index (χ3n) is 5.15. The number of aryl methyl sites for hydroxylation is 2. The summed E-state index contributed by atoms with van der Waals surface area (Å²) in [6, 6.07) is 12.0. The van der Waals surface area contributed by atoms with Crippen molar-refractivity contribution >= 4 is 23.4 Å². The maximum Gasteiger partial charge on any atom is 0.234 e. The van der Waals surface area contributed by atoms with Crippen LogP contribution < -0.4 is 10.1 Å². The normalized spacial score (nSPS) is 11.9. The molecule has 0 fully saturated rings. The molecule has 3 aromatic rings. The number of benzene rings is 2. The number of carbonyl (C=O) groups is 1. The van der Waals surface area contributed by atoms with E-state index in [1.54, 1.807) is 12.1 Å². The van der Waals surface area contributed by atoms with E-state index < -0.39 is 0 Å². The molecule has 3 rings (SSSR count). The standard InChI is InChI=1S/C24H29FN4O2S/c1-5-17-9-8-10-18(6-2)22(17)26-21(30)15-32-24-28-27-23(29(24)7-3)16(4)31-20-13-11-19(25)12-14-20/h8-14,16H,5-7,15H2,1-4H3,(H,26,30). The molecule has 0 bridgehead atoms. The van der Waals surface area contributed by atoms with Gasteiger partial charge < -0.3 is 14.6 Å². The maximum absolute atomic E-state index is 13.1. The molecule has 0 radical (unpaired) electrons. The number of nitrogens with zero attached hydrogens (tertiary/aromatic N) is 3. The summed E-state index contributed by atoms with van der Waals surface area (Å²) in [5, 5.41) is 12.3. The van der Waals surface area contributed by atoms with Gasteiger partial charge in [-0.15, -0.1) is 10.2 Å². The topological polar surface area (TPSA) is 69.0 Å². The van der Waals surface area contributed by atoms with Gasteiger partial charge in [0.25, 0.3) is 0 Å². The van der Waals surface area contributed by atoms with Gasteiger partial charge in [-0.3, -0.25) is 4.79 Å². The summed E-state index contributed by atoms with van der Waals surface area (Å²) in [5.74, 6) is 1.05. The van der Waals surface area contributed by atoms with Crippen molar-refractivity contribution in [2.24, 2.45) is 0 Å². The number of nitrogens with one attached hydrogen (secondary N) is 1. The molecule has 0 aliphatic heterocycles. The van der Waals surface area contributed by atoms with Crippen LogP contribution in [0.5, 0.6) is 5.75 Å². The van der Waals surface area contributed by atoms with Crippen LogP contribution in [0.25, 0.3) is 0 Å². The van der Waals surface area contributed by atoms with Gasteiger partial charge in [0.1, 0.15) is 11.6 Å². The Balaban J connectivity index is 1.66. The fourth-order valence-electron chi connectivity index (χ4n) is 3.48. The smallest absolute Gasteiger partial charge is 0.234 e. The van der Waals surface area contributed by atoms with E-state index in [2.05, 4.69) is 29.4 Å². The van der Waals surface area contributed by atoms with E-state index in [4.69, 9.17) is 4.74 Å². The highest BCUT2D eigenvalue weighted by atomic mass is 32.2. The number of amides is 1. The van der Waals surface area contributed by atoms with Crippen LogP contribution >= 0.6 is 11.8 Å². The second kappa shape index (κ2) is 11.1. The quantitative estimate of drug-likeness (QED) is 0.412. The minimum absolute atomic E-state index is 0.0755. The zero-order valence-electron chi connectivity index (χ0n) is 18.9. The number of para-hydroxylation sites is 1. The van der Waals surface area contributed by atoms with Crippen LogP contribution in [-0.2, 0) is 24.2 Å². The minimum atomic E-state index is -0.375. The van der Waals surface area contributed by atoms with Crippen molar-refractivity contribution in [2.75, 3.05) is 11.1 Å². The molecule has 0 saturated heterocycles. The molecule has 0 saturated carbocycles. The fourth-order valence-corrected chi connectivity index (χ4v) is 4.29. The number of aromatic nitrogens is 3. The van der Waals surface area contributed by atoms with Gasteiger partial charge in [0, 0.05) is 12.2 Å². The summed E-state index contributed by atoms with van der Waals surface area (Å²) < 4.78 is 20.9. The summed E-state index contributed by atoms with van der Waals surface area (Å²) in [7, 11) is 0. The summed E-state index contributed by atoms with van der Waals surface area (Å²) >= 11 is 1.34. The number of halogens is 1. The van der Waals surface area contributed by atoms with Gasteiger partial charge in [-0.05, 0) is 62.1 Å². The van der Waals surface area contributed by atoms with Crippen molar-refractivity contribution in [1.29, 1.82) is 0 Å². The highest BCUT2D eigenvalue weighted by Crippen LogP contribution is 2.26. The van der Waals surface area contributed by atoms with Gasteiger partial charge in [0.05, 0.1) is 5.75 Å². The number of hydrogen-bond acceptors (Lipinski definition) is 5. The third-order valence-corrected chi connectivity index (χ3v) is 6.11. The van der Waals surface area contributed by atoms with Gasteiger partial charge in [-0.2, -0.15) is 0 Å². The lowest BCUT2D eigenvalue weighted by Crippen LogP contribution is -2.17. The van der Waals surface area contributed by atoms with E-state index in [0.717, 1.165) is 29.7 Å². The van der Waals surface area contributed by atoms with Crippen molar-refractivity contribution in [1.82, 2.24) is 14.8 Å². The van der Waals surface area contributed by atoms with E-state index in [9.17, 15) is 9.18 Å². The molecular weight excluding hydrogens is 427 g/mol. The van der Waals surface area contributed by atoms with Gasteiger partial charge in [0.2, 0.25) is 5.91 Å². The van der Waals surface area contributed by atoms with Crippen LogP contribution in [0.1, 0.15) is 50.8 Å². The number of anilines is 1. The number of ether oxygens (including phenoxy) is 1. The molecular formula is C24H29FN4O2S. The second-order valence-corrected chi connectivity index (χ2v) is 8.24. The van der Waals surface area contributed by atoms with E-state index in [-0.39, 0.29) is 23.6 Å². The maximum atomic E-state index is 13.1. The zero-order chi connectivity index (χ0) is 23.1. The summed E-state index contributed by atoms with van der Waals surface area (Å²) in [6.07, 6.45) is 1.34. The third kappa shape index (κ3) is 5.68. The van der Waals surface area contributed by atoms with Crippen molar-refractivity contribution in [3.05, 3.63) is 65.2 Å². The SMILES string of the molecule is CCc1cccc(CC)c1NC(=O)CSc1nnc(C(C)Oc2ccc(F)cc2)n1CC. The minimum Gasteiger partial charge on any atom is -0.483 e. The van der Waals surface area contributed by atoms with Crippen molar-refractivity contribution < 1.29 is 13.9 Å². The predicted octanol–water partition coefficient (Wildman–Crippen LogP) is 5.43. The Labute approximate surface area is 192 Å². The number of hydrogen-bond donors (Lipinski definition) is 1. The molecule has 0 spiro atoms. The lowest BCUT2D eigenvalue weighted by Gasteiger charge is -2.16. The first-order chi connectivity index (χ1) is 15.5.